The molecule has 0 aliphatic heterocycles. The zero-order chi connectivity index (χ0) is 11.6. The van der Waals surface area contributed by atoms with Gasteiger partial charge < -0.3 is 5.73 Å². The van der Waals surface area contributed by atoms with E-state index < -0.39 is 11.7 Å². The van der Waals surface area contributed by atoms with Crippen molar-refractivity contribution in [1.29, 1.82) is 5.26 Å². The van der Waals surface area contributed by atoms with E-state index in [1.807, 2.05) is 0 Å². The number of benzene rings is 1. The molecule has 0 saturated carbocycles. The van der Waals surface area contributed by atoms with Crippen LogP contribution in [0, 0.1) is 11.3 Å². The first-order chi connectivity index (χ1) is 6.90. The van der Waals surface area contributed by atoms with Crippen LogP contribution in [-0.2, 0) is 12.7 Å². The third kappa shape index (κ3) is 2.41. The Balaban J connectivity index is 3.51. The van der Waals surface area contributed by atoms with Crippen LogP contribution < -0.4 is 5.73 Å². The predicted octanol–water partition coefficient (Wildman–Crippen LogP) is 2.69. The van der Waals surface area contributed by atoms with Gasteiger partial charge in [-0.25, -0.2) is 0 Å². The molecule has 0 amide bonds. The van der Waals surface area contributed by atoms with E-state index in [0.29, 0.717) is 0 Å². The van der Waals surface area contributed by atoms with Crippen molar-refractivity contribution in [3.63, 3.8) is 0 Å². The van der Waals surface area contributed by atoms with Gasteiger partial charge in [-0.05, 0) is 17.7 Å². The van der Waals surface area contributed by atoms with Crippen molar-refractivity contribution < 1.29 is 13.2 Å². The number of hydrogen-bond acceptors (Lipinski definition) is 2. The van der Waals surface area contributed by atoms with Gasteiger partial charge >= 0.3 is 6.18 Å². The quantitative estimate of drug-likeness (QED) is 0.812. The van der Waals surface area contributed by atoms with Crippen LogP contribution in [0.3, 0.4) is 0 Å². The fourth-order valence-corrected chi connectivity index (χ4v) is 1.43. The van der Waals surface area contributed by atoms with Crippen LogP contribution in [0.1, 0.15) is 16.7 Å². The van der Waals surface area contributed by atoms with Gasteiger partial charge in [-0.1, -0.05) is 11.6 Å². The minimum absolute atomic E-state index is 0.129. The Bertz CT molecular complexity index is 421. The summed E-state index contributed by atoms with van der Waals surface area (Å²) in [4.78, 5) is 0. The fourth-order valence-electron chi connectivity index (χ4n) is 1.21. The minimum atomic E-state index is -4.55. The van der Waals surface area contributed by atoms with Crippen molar-refractivity contribution in [2.75, 3.05) is 0 Å². The van der Waals surface area contributed by atoms with Gasteiger partial charge in [0.2, 0.25) is 0 Å². The van der Waals surface area contributed by atoms with E-state index in [4.69, 9.17) is 22.6 Å². The monoisotopic (exact) mass is 234 g/mol. The highest BCUT2D eigenvalue weighted by Gasteiger charge is 2.34. The van der Waals surface area contributed by atoms with Crippen molar-refractivity contribution in [2.45, 2.75) is 12.7 Å². The molecular formula is C9H6ClF3N2. The van der Waals surface area contributed by atoms with Gasteiger partial charge in [0.05, 0.1) is 17.2 Å². The Hall–Kier alpha value is -1.25. The summed E-state index contributed by atoms with van der Waals surface area (Å²) in [5.41, 5.74) is 3.86. The Morgan fingerprint density at radius 1 is 1.40 bits per heavy atom. The average molecular weight is 235 g/mol. The maximum Gasteiger partial charge on any atom is 0.416 e. The van der Waals surface area contributed by atoms with Crippen LogP contribution in [-0.4, -0.2) is 0 Å². The SMILES string of the molecule is N#Cc1cc(Cl)cc(C(F)(F)F)c1CN. The Morgan fingerprint density at radius 2 is 2.00 bits per heavy atom. The van der Waals surface area contributed by atoms with E-state index >= 15 is 0 Å². The van der Waals surface area contributed by atoms with E-state index in [0.717, 1.165) is 6.07 Å². The topological polar surface area (TPSA) is 49.8 Å². The Kier molecular flexibility index (Phi) is 3.22. The molecular weight excluding hydrogens is 229 g/mol. The molecule has 2 nitrogen and oxygen atoms in total. The first-order valence-electron chi connectivity index (χ1n) is 3.90. The zero-order valence-electron chi connectivity index (χ0n) is 7.40. The molecule has 0 aromatic heterocycles. The lowest BCUT2D eigenvalue weighted by molar-refractivity contribution is -0.138. The van der Waals surface area contributed by atoms with Crippen LogP contribution in [0.2, 0.25) is 5.02 Å². The van der Waals surface area contributed by atoms with Gasteiger partial charge in [0, 0.05) is 11.6 Å². The van der Waals surface area contributed by atoms with Gasteiger partial charge in [-0.2, -0.15) is 18.4 Å². The van der Waals surface area contributed by atoms with Gasteiger partial charge in [-0.3, -0.25) is 0 Å². The van der Waals surface area contributed by atoms with Crippen molar-refractivity contribution >= 4 is 11.6 Å². The Labute approximate surface area is 89.1 Å². The van der Waals surface area contributed by atoms with E-state index in [1.165, 1.54) is 6.07 Å². The highest BCUT2D eigenvalue weighted by molar-refractivity contribution is 6.30. The second-order valence-electron chi connectivity index (χ2n) is 2.79. The molecule has 0 aliphatic carbocycles. The lowest BCUT2D eigenvalue weighted by Crippen LogP contribution is -2.13. The minimum Gasteiger partial charge on any atom is -0.326 e. The van der Waals surface area contributed by atoms with Crippen LogP contribution in [0.4, 0.5) is 13.2 Å². The number of nitrogens with two attached hydrogens (primary N) is 1. The third-order valence-electron chi connectivity index (χ3n) is 1.84. The number of nitriles is 1. The summed E-state index contributed by atoms with van der Waals surface area (Å²) in [6, 6.07) is 3.57. The van der Waals surface area contributed by atoms with Gasteiger partial charge in [0.25, 0.3) is 0 Å². The maximum absolute atomic E-state index is 12.5. The zero-order valence-corrected chi connectivity index (χ0v) is 8.15. The largest absolute Gasteiger partial charge is 0.416 e. The van der Waals surface area contributed by atoms with Crippen molar-refractivity contribution in [1.82, 2.24) is 0 Å². The maximum atomic E-state index is 12.5. The summed E-state index contributed by atoms with van der Waals surface area (Å²) >= 11 is 5.47. The van der Waals surface area contributed by atoms with Gasteiger partial charge in [0.15, 0.2) is 0 Å². The third-order valence-corrected chi connectivity index (χ3v) is 2.06. The summed E-state index contributed by atoms with van der Waals surface area (Å²) < 4.78 is 37.5. The highest BCUT2D eigenvalue weighted by Crippen LogP contribution is 2.35. The predicted molar refractivity (Wildman–Crippen MR) is 49.1 cm³/mol. The normalized spacial score (nSPS) is 11.2. The number of nitrogens with zero attached hydrogens (tertiary/aromatic N) is 1. The highest BCUT2D eigenvalue weighted by atomic mass is 35.5. The molecule has 2 N–H and O–H groups in total. The van der Waals surface area contributed by atoms with Crippen molar-refractivity contribution in [3.05, 3.63) is 33.8 Å². The molecule has 1 aromatic carbocycles. The molecule has 80 valence electrons. The molecule has 0 heterocycles. The van der Waals surface area contributed by atoms with Crippen LogP contribution >= 0.6 is 11.6 Å². The lowest BCUT2D eigenvalue weighted by atomic mass is 10.0. The summed E-state index contributed by atoms with van der Waals surface area (Å²) in [5, 5.41) is 8.50. The molecule has 0 bridgehead atoms. The van der Waals surface area contributed by atoms with Crippen LogP contribution in [0.5, 0.6) is 0 Å². The smallest absolute Gasteiger partial charge is 0.326 e. The molecule has 0 spiro atoms. The second-order valence-corrected chi connectivity index (χ2v) is 3.23. The van der Waals surface area contributed by atoms with E-state index in [-0.39, 0.29) is 22.7 Å². The summed E-state index contributed by atoms with van der Waals surface area (Å²) in [6.45, 7) is -0.352. The molecule has 15 heavy (non-hydrogen) atoms. The fraction of sp³-hybridized carbons (Fsp3) is 0.222. The van der Waals surface area contributed by atoms with Crippen molar-refractivity contribution in [2.24, 2.45) is 5.73 Å². The van der Waals surface area contributed by atoms with Gasteiger partial charge in [-0.15, -0.1) is 0 Å². The average Bonchev–Trinajstić information content (AvgIpc) is 2.15. The molecule has 0 radical (unpaired) electrons. The molecule has 0 fully saturated rings. The summed E-state index contributed by atoms with van der Waals surface area (Å²) in [6.07, 6.45) is -4.55. The Morgan fingerprint density at radius 3 is 2.40 bits per heavy atom. The lowest BCUT2D eigenvalue weighted by Gasteiger charge is -2.13. The summed E-state index contributed by atoms with van der Waals surface area (Å²) in [5.74, 6) is 0. The van der Waals surface area contributed by atoms with Crippen LogP contribution in [0.15, 0.2) is 12.1 Å². The molecule has 1 aromatic rings. The first-order valence-corrected chi connectivity index (χ1v) is 4.27. The van der Waals surface area contributed by atoms with Gasteiger partial charge in [0.1, 0.15) is 0 Å². The molecule has 0 aliphatic rings. The molecule has 1 rings (SSSR count). The van der Waals surface area contributed by atoms with E-state index in [1.54, 1.807) is 6.07 Å². The number of alkyl halides is 3. The van der Waals surface area contributed by atoms with E-state index in [9.17, 15) is 13.2 Å². The second kappa shape index (κ2) is 4.09. The first kappa shape index (κ1) is 11.8. The molecule has 0 saturated heterocycles. The standard InChI is InChI=1S/C9H6ClF3N2/c10-6-1-5(3-14)7(4-15)8(2-6)9(11,12)13/h1-2H,4,15H2. The number of halogens is 4. The van der Waals surface area contributed by atoms with E-state index in [2.05, 4.69) is 0 Å². The van der Waals surface area contributed by atoms with Crippen LogP contribution in [0.25, 0.3) is 0 Å². The summed E-state index contributed by atoms with van der Waals surface area (Å²) in [7, 11) is 0. The number of rotatable bonds is 1. The molecule has 6 heteroatoms. The molecule has 0 unspecified atom stereocenters. The van der Waals surface area contributed by atoms with Crippen molar-refractivity contribution in [3.8, 4) is 6.07 Å². The number of hydrogen-bond donors (Lipinski definition) is 1. The molecule has 0 atom stereocenters.